The molecule has 1 aliphatic heterocycles. The van der Waals surface area contributed by atoms with Crippen molar-refractivity contribution in [3.05, 3.63) is 59.7 Å². The van der Waals surface area contributed by atoms with Crippen LogP contribution < -0.4 is 10.5 Å². The topological polar surface area (TPSA) is 92.5 Å². The number of halogens is 1. The summed E-state index contributed by atoms with van der Waals surface area (Å²) >= 11 is 0. The number of aryl methyl sites for hydroxylation is 1. The molecule has 6 nitrogen and oxygen atoms in total. The Hall–Kier alpha value is -2.09. The molecular weight excluding hydrogens is 374 g/mol. The van der Waals surface area contributed by atoms with Crippen LogP contribution in [0, 0.1) is 6.92 Å². The van der Waals surface area contributed by atoms with Crippen molar-refractivity contribution in [1.29, 1.82) is 0 Å². The Bertz CT molecular complexity index is 885. The highest BCUT2D eigenvalue weighted by Gasteiger charge is 2.25. The van der Waals surface area contributed by atoms with Gasteiger partial charge in [0.15, 0.2) is 0 Å². The molecule has 2 aromatic rings. The van der Waals surface area contributed by atoms with Crippen molar-refractivity contribution >= 4 is 34.0 Å². The number of benzene rings is 2. The van der Waals surface area contributed by atoms with E-state index in [0.717, 1.165) is 12.0 Å². The summed E-state index contributed by atoms with van der Waals surface area (Å²) in [7, 11) is -3.76. The first-order valence-corrected chi connectivity index (χ1v) is 9.58. The van der Waals surface area contributed by atoms with Gasteiger partial charge in [-0.25, -0.2) is 8.42 Å². The molecule has 1 atom stereocenters. The van der Waals surface area contributed by atoms with Crippen LogP contribution in [0.15, 0.2) is 53.4 Å². The second kappa shape index (κ2) is 8.07. The van der Waals surface area contributed by atoms with E-state index in [-0.39, 0.29) is 29.3 Å². The lowest BCUT2D eigenvalue weighted by Crippen LogP contribution is -2.32. The SMILES string of the molecule is Cc1ccc(NS(=O)(=O)c2cccc(C(=O)N3CC[C@@H](N)C3)c2)cc1.Cl. The molecule has 0 aromatic heterocycles. The van der Waals surface area contributed by atoms with Gasteiger partial charge in [-0.2, -0.15) is 0 Å². The number of hydrogen-bond donors (Lipinski definition) is 2. The smallest absolute Gasteiger partial charge is 0.261 e. The predicted molar refractivity (Wildman–Crippen MR) is 104 cm³/mol. The summed E-state index contributed by atoms with van der Waals surface area (Å²) < 4.78 is 27.7. The number of carbonyl (C=O) groups is 1. The summed E-state index contributed by atoms with van der Waals surface area (Å²) in [5, 5.41) is 0. The van der Waals surface area contributed by atoms with E-state index in [2.05, 4.69) is 4.72 Å². The van der Waals surface area contributed by atoms with Crippen LogP contribution in [-0.2, 0) is 10.0 Å². The van der Waals surface area contributed by atoms with Gasteiger partial charge in [-0.3, -0.25) is 9.52 Å². The zero-order valence-electron chi connectivity index (χ0n) is 14.4. The number of nitrogens with zero attached hydrogens (tertiary/aromatic N) is 1. The number of anilines is 1. The van der Waals surface area contributed by atoms with Crippen LogP contribution in [-0.4, -0.2) is 38.4 Å². The van der Waals surface area contributed by atoms with Gasteiger partial charge in [-0.15, -0.1) is 12.4 Å². The average Bonchev–Trinajstić information content (AvgIpc) is 3.03. The summed E-state index contributed by atoms with van der Waals surface area (Å²) in [4.78, 5) is 14.2. The molecule has 1 fully saturated rings. The van der Waals surface area contributed by atoms with Crippen LogP contribution in [0.1, 0.15) is 22.3 Å². The van der Waals surface area contributed by atoms with Crippen LogP contribution in [0.2, 0.25) is 0 Å². The van der Waals surface area contributed by atoms with Crippen molar-refractivity contribution in [2.24, 2.45) is 5.73 Å². The Morgan fingerprint density at radius 3 is 2.50 bits per heavy atom. The third-order valence-corrected chi connectivity index (χ3v) is 5.59. The molecule has 0 unspecified atom stereocenters. The first-order valence-electron chi connectivity index (χ1n) is 8.09. The molecular formula is C18H22ClN3O3S. The summed E-state index contributed by atoms with van der Waals surface area (Å²) in [6, 6.07) is 13.1. The monoisotopic (exact) mass is 395 g/mol. The van der Waals surface area contributed by atoms with Crippen molar-refractivity contribution in [3.63, 3.8) is 0 Å². The van der Waals surface area contributed by atoms with Crippen molar-refractivity contribution < 1.29 is 13.2 Å². The number of carbonyl (C=O) groups excluding carboxylic acids is 1. The fourth-order valence-electron chi connectivity index (χ4n) is 2.79. The highest BCUT2D eigenvalue weighted by atomic mass is 35.5. The van der Waals surface area contributed by atoms with Gasteiger partial charge in [0.2, 0.25) is 0 Å². The van der Waals surface area contributed by atoms with Crippen LogP contribution in [0.25, 0.3) is 0 Å². The molecule has 1 aliphatic rings. The quantitative estimate of drug-likeness (QED) is 0.831. The molecule has 8 heteroatoms. The van der Waals surface area contributed by atoms with E-state index in [9.17, 15) is 13.2 Å². The third kappa shape index (κ3) is 4.55. The minimum Gasteiger partial charge on any atom is -0.337 e. The Balaban J connectivity index is 0.00000243. The highest BCUT2D eigenvalue weighted by Crippen LogP contribution is 2.19. The average molecular weight is 396 g/mol. The molecule has 0 aliphatic carbocycles. The molecule has 140 valence electrons. The largest absolute Gasteiger partial charge is 0.337 e. The molecule has 1 amide bonds. The second-order valence-corrected chi connectivity index (χ2v) is 7.98. The maximum Gasteiger partial charge on any atom is 0.261 e. The van der Waals surface area contributed by atoms with Gasteiger partial charge in [-0.05, 0) is 43.7 Å². The minimum atomic E-state index is -3.76. The van der Waals surface area contributed by atoms with Crippen molar-refractivity contribution in [2.45, 2.75) is 24.3 Å². The van der Waals surface area contributed by atoms with Gasteiger partial charge < -0.3 is 10.6 Å². The van der Waals surface area contributed by atoms with Gasteiger partial charge in [0.1, 0.15) is 0 Å². The van der Waals surface area contributed by atoms with Crippen molar-refractivity contribution in [3.8, 4) is 0 Å². The van der Waals surface area contributed by atoms with Crippen molar-refractivity contribution in [1.82, 2.24) is 4.90 Å². The zero-order chi connectivity index (χ0) is 18.0. The number of nitrogens with one attached hydrogen (secondary N) is 1. The molecule has 2 aromatic carbocycles. The van der Waals surface area contributed by atoms with Gasteiger partial charge >= 0.3 is 0 Å². The van der Waals surface area contributed by atoms with Crippen molar-refractivity contribution in [2.75, 3.05) is 17.8 Å². The fraction of sp³-hybridized carbons (Fsp3) is 0.278. The minimum absolute atomic E-state index is 0. The Labute approximate surface area is 159 Å². The number of sulfonamides is 1. The second-order valence-electron chi connectivity index (χ2n) is 6.30. The number of rotatable bonds is 4. The highest BCUT2D eigenvalue weighted by molar-refractivity contribution is 7.92. The number of amides is 1. The molecule has 0 radical (unpaired) electrons. The Morgan fingerprint density at radius 2 is 1.88 bits per heavy atom. The van der Waals surface area contributed by atoms with Gasteiger partial charge in [0.25, 0.3) is 15.9 Å². The van der Waals surface area contributed by atoms with E-state index in [1.54, 1.807) is 29.2 Å². The van der Waals surface area contributed by atoms with Crippen LogP contribution >= 0.6 is 12.4 Å². The Kier molecular flexibility index (Phi) is 6.28. The summed E-state index contributed by atoms with van der Waals surface area (Å²) in [5.74, 6) is -0.194. The van der Waals surface area contributed by atoms with Gasteiger partial charge in [-0.1, -0.05) is 23.8 Å². The number of likely N-dealkylation sites (tertiary alicyclic amines) is 1. The molecule has 1 saturated heterocycles. The standard InChI is InChI=1S/C18H21N3O3S.ClH/c1-13-5-7-16(8-6-13)20-25(23,24)17-4-2-3-14(11-17)18(22)21-10-9-15(19)12-21;/h2-8,11,15,20H,9-10,12,19H2,1H3;1H/t15-;/m1./s1. The summed E-state index contributed by atoms with van der Waals surface area (Å²) in [5.41, 5.74) is 7.71. The maximum absolute atomic E-state index is 12.6. The zero-order valence-corrected chi connectivity index (χ0v) is 16.0. The molecule has 0 spiro atoms. The molecule has 1 heterocycles. The number of nitrogens with two attached hydrogens (primary N) is 1. The van der Waals surface area contributed by atoms with Gasteiger partial charge in [0.05, 0.1) is 4.90 Å². The lowest BCUT2D eigenvalue weighted by atomic mass is 10.2. The predicted octanol–water partition coefficient (Wildman–Crippen LogP) is 2.39. The first kappa shape index (κ1) is 20.2. The van der Waals surface area contributed by atoms with E-state index < -0.39 is 10.0 Å². The summed E-state index contributed by atoms with van der Waals surface area (Å²) in [6.07, 6.45) is 0.763. The number of hydrogen-bond acceptors (Lipinski definition) is 4. The van der Waals surface area contributed by atoms with E-state index >= 15 is 0 Å². The Morgan fingerprint density at radius 1 is 1.19 bits per heavy atom. The molecule has 0 bridgehead atoms. The maximum atomic E-state index is 12.6. The summed E-state index contributed by atoms with van der Waals surface area (Å²) in [6.45, 7) is 3.02. The molecule has 0 saturated carbocycles. The van der Waals surface area contributed by atoms with E-state index in [0.29, 0.717) is 24.3 Å². The molecule has 3 N–H and O–H groups in total. The lowest BCUT2D eigenvalue weighted by Gasteiger charge is -2.16. The molecule has 26 heavy (non-hydrogen) atoms. The fourth-order valence-corrected chi connectivity index (χ4v) is 3.89. The van der Waals surface area contributed by atoms with E-state index in [1.807, 2.05) is 19.1 Å². The normalized spacial score (nSPS) is 16.8. The van der Waals surface area contributed by atoms with Crippen LogP contribution in [0.5, 0.6) is 0 Å². The van der Waals surface area contributed by atoms with Crippen LogP contribution in [0.3, 0.4) is 0 Å². The van der Waals surface area contributed by atoms with E-state index in [4.69, 9.17) is 5.73 Å². The molecule has 3 rings (SSSR count). The lowest BCUT2D eigenvalue weighted by molar-refractivity contribution is 0.0790. The first-order chi connectivity index (χ1) is 11.8. The third-order valence-electron chi connectivity index (χ3n) is 4.21. The van der Waals surface area contributed by atoms with E-state index in [1.165, 1.54) is 12.1 Å². The van der Waals surface area contributed by atoms with Gasteiger partial charge in [0, 0.05) is 30.4 Å². The van der Waals surface area contributed by atoms with Crippen LogP contribution in [0.4, 0.5) is 5.69 Å².